The number of carbonyl (C=O) groups is 1. The van der Waals surface area contributed by atoms with E-state index in [2.05, 4.69) is 13.2 Å². The highest BCUT2D eigenvalue weighted by molar-refractivity contribution is 7.98. The van der Waals surface area contributed by atoms with Crippen LogP contribution < -0.4 is 0 Å². The second-order valence-electron chi connectivity index (χ2n) is 3.08. The zero-order valence-corrected chi connectivity index (χ0v) is 9.73. The molecule has 0 aliphatic rings. The Morgan fingerprint density at radius 1 is 1.62 bits per heavy atom. The summed E-state index contributed by atoms with van der Waals surface area (Å²) in [4.78, 5) is 13.2. The number of allylic oxidation sites excluding steroid dienone is 1. The first-order valence-corrected chi connectivity index (χ1v) is 5.91. The van der Waals surface area contributed by atoms with Crippen molar-refractivity contribution < 1.29 is 4.79 Å². The minimum Gasteiger partial charge on any atom is -0.339 e. The third kappa shape index (κ3) is 4.98. The monoisotopic (exact) mass is 201 g/mol. The van der Waals surface area contributed by atoms with Gasteiger partial charge in [0.15, 0.2) is 0 Å². The molecule has 1 amide bonds. The normalized spacial score (nSPS) is 13.2. The predicted molar refractivity (Wildman–Crippen MR) is 60.0 cm³/mol. The highest BCUT2D eigenvalue weighted by Crippen LogP contribution is 2.06. The van der Waals surface area contributed by atoms with Gasteiger partial charge in [-0.05, 0) is 38.4 Å². The van der Waals surface area contributed by atoms with Crippen LogP contribution >= 0.6 is 11.8 Å². The molecule has 0 spiro atoms. The fourth-order valence-electron chi connectivity index (χ4n) is 0.959. The lowest BCUT2D eigenvalue weighted by Crippen LogP contribution is -2.34. The second-order valence-corrected chi connectivity index (χ2v) is 4.07. The zero-order valence-electron chi connectivity index (χ0n) is 8.91. The Morgan fingerprint density at radius 3 is 2.69 bits per heavy atom. The van der Waals surface area contributed by atoms with Gasteiger partial charge in [-0.1, -0.05) is 6.08 Å². The fourth-order valence-corrected chi connectivity index (χ4v) is 1.54. The van der Waals surface area contributed by atoms with Gasteiger partial charge in [-0.15, -0.1) is 0 Å². The van der Waals surface area contributed by atoms with E-state index in [1.54, 1.807) is 17.1 Å². The Morgan fingerprint density at radius 2 is 2.23 bits per heavy atom. The van der Waals surface area contributed by atoms with E-state index in [-0.39, 0.29) is 5.91 Å². The number of rotatable bonds is 5. The van der Waals surface area contributed by atoms with Gasteiger partial charge in [0, 0.05) is 13.1 Å². The highest BCUT2D eigenvalue weighted by atomic mass is 32.2. The van der Waals surface area contributed by atoms with Crippen LogP contribution in [-0.2, 0) is 4.79 Å². The molecule has 76 valence electrons. The smallest absolute Gasteiger partial charge is 0.246 e. The van der Waals surface area contributed by atoms with Crippen molar-refractivity contribution in [3.05, 3.63) is 12.2 Å². The summed E-state index contributed by atoms with van der Waals surface area (Å²) in [5.41, 5.74) is 0. The topological polar surface area (TPSA) is 20.3 Å². The summed E-state index contributed by atoms with van der Waals surface area (Å²) in [7, 11) is 1.85. The molecule has 3 heteroatoms. The maximum Gasteiger partial charge on any atom is 0.246 e. The lowest BCUT2D eigenvalue weighted by molar-refractivity contribution is -0.126. The van der Waals surface area contributed by atoms with Gasteiger partial charge in [0.05, 0.1) is 0 Å². The third-order valence-electron chi connectivity index (χ3n) is 2.06. The fraction of sp³-hybridized carbons (Fsp3) is 0.700. The summed E-state index contributed by atoms with van der Waals surface area (Å²) < 4.78 is 0. The predicted octanol–water partition coefficient (Wildman–Crippen LogP) is 2.16. The standard InChI is InChI=1S/C10H19NOS/c1-5-6-10(12)11(3)9(2)7-8-13-4/h5-6,9H,7-8H2,1-4H3/b6-5+. The molecule has 0 aromatic heterocycles. The first kappa shape index (κ1) is 12.6. The Kier molecular flexibility index (Phi) is 6.77. The van der Waals surface area contributed by atoms with Crippen LogP contribution in [0.1, 0.15) is 20.3 Å². The van der Waals surface area contributed by atoms with Crippen LogP contribution in [0.25, 0.3) is 0 Å². The Balaban J connectivity index is 3.93. The Hall–Kier alpha value is -0.440. The SMILES string of the molecule is C/C=C/C(=O)N(C)C(C)CCSC. The zero-order chi connectivity index (χ0) is 10.3. The van der Waals surface area contributed by atoms with E-state index in [9.17, 15) is 4.79 Å². The van der Waals surface area contributed by atoms with Crippen LogP contribution in [0.3, 0.4) is 0 Å². The maximum atomic E-state index is 11.4. The average Bonchev–Trinajstić information content (AvgIpc) is 2.13. The molecule has 0 aromatic carbocycles. The molecule has 1 unspecified atom stereocenters. The van der Waals surface area contributed by atoms with E-state index in [0.717, 1.165) is 12.2 Å². The molecule has 0 heterocycles. The molecular formula is C10H19NOS. The van der Waals surface area contributed by atoms with Crippen molar-refractivity contribution in [3.63, 3.8) is 0 Å². The van der Waals surface area contributed by atoms with Gasteiger partial charge in [-0.2, -0.15) is 11.8 Å². The van der Waals surface area contributed by atoms with Gasteiger partial charge in [0.1, 0.15) is 0 Å². The van der Waals surface area contributed by atoms with Crippen LogP contribution in [0.2, 0.25) is 0 Å². The van der Waals surface area contributed by atoms with Crippen LogP contribution in [0.4, 0.5) is 0 Å². The number of hydrogen-bond donors (Lipinski definition) is 0. The number of nitrogens with zero attached hydrogens (tertiary/aromatic N) is 1. The van der Waals surface area contributed by atoms with Crippen LogP contribution in [0.5, 0.6) is 0 Å². The largest absolute Gasteiger partial charge is 0.339 e. The van der Waals surface area contributed by atoms with Gasteiger partial charge in [0.25, 0.3) is 0 Å². The van der Waals surface area contributed by atoms with E-state index in [1.165, 1.54) is 0 Å². The van der Waals surface area contributed by atoms with E-state index >= 15 is 0 Å². The summed E-state index contributed by atoms with van der Waals surface area (Å²) in [6.45, 7) is 3.94. The number of hydrogen-bond acceptors (Lipinski definition) is 2. The molecule has 0 saturated carbocycles. The molecule has 2 nitrogen and oxygen atoms in total. The van der Waals surface area contributed by atoms with Gasteiger partial charge >= 0.3 is 0 Å². The molecule has 0 aliphatic carbocycles. The second kappa shape index (κ2) is 7.01. The molecule has 0 saturated heterocycles. The van der Waals surface area contributed by atoms with Crippen molar-refractivity contribution in [3.8, 4) is 0 Å². The van der Waals surface area contributed by atoms with Crippen molar-refractivity contribution >= 4 is 17.7 Å². The number of amides is 1. The van der Waals surface area contributed by atoms with Crippen molar-refractivity contribution in [2.24, 2.45) is 0 Å². The number of thioether (sulfide) groups is 1. The molecule has 0 aromatic rings. The van der Waals surface area contributed by atoms with Crippen LogP contribution in [-0.4, -0.2) is 35.9 Å². The minimum absolute atomic E-state index is 0.0936. The summed E-state index contributed by atoms with van der Waals surface area (Å²) >= 11 is 1.82. The Bertz CT molecular complexity index is 180. The molecule has 0 N–H and O–H groups in total. The summed E-state index contributed by atoms with van der Waals surface area (Å²) in [5, 5.41) is 0. The molecular weight excluding hydrogens is 182 g/mol. The van der Waals surface area contributed by atoms with Gasteiger partial charge in [-0.25, -0.2) is 0 Å². The third-order valence-corrected chi connectivity index (χ3v) is 2.70. The first-order chi connectivity index (χ1) is 6.13. The van der Waals surface area contributed by atoms with E-state index in [1.807, 2.05) is 25.7 Å². The summed E-state index contributed by atoms with van der Waals surface area (Å²) in [5.74, 6) is 1.20. The van der Waals surface area contributed by atoms with E-state index < -0.39 is 0 Å². The molecule has 1 atom stereocenters. The number of carbonyl (C=O) groups excluding carboxylic acids is 1. The molecule has 0 aliphatic heterocycles. The van der Waals surface area contributed by atoms with Crippen molar-refractivity contribution in [1.29, 1.82) is 0 Å². The van der Waals surface area contributed by atoms with Gasteiger partial charge in [-0.3, -0.25) is 4.79 Å². The highest BCUT2D eigenvalue weighted by Gasteiger charge is 2.11. The van der Waals surface area contributed by atoms with Crippen molar-refractivity contribution in [2.75, 3.05) is 19.1 Å². The van der Waals surface area contributed by atoms with Crippen LogP contribution in [0, 0.1) is 0 Å². The quantitative estimate of drug-likeness (QED) is 0.635. The van der Waals surface area contributed by atoms with Crippen LogP contribution in [0.15, 0.2) is 12.2 Å². The summed E-state index contributed by atoms with van der Waals surface area (Å²) in [6, 6.07) is 0.330. The maximum absolute atomic E-state index is 11.4. The molecule has 0 fully saturated rings. The van der Waals surface area contributed by atoms with Gasteiger partial charge < -0.3 is 4.90 Å². The molecule has 0 bridgehead atoms. The Labute approximate surface area is 85.4 Å². The van der Waals surface area contributed by atoms with Crippen molar-refractivity contribution in [2.45, 2.75) is 26.3 Å². The first-order valence-electron chi connectivity index (χ1n) is 4.52. The molecule has 0 radical (unpaired) electrons. The van der Waals surface area contributed by atoms with E-state index in [0.29, 0.717) is 6.04 Å². The minimum atomic E-state index is 0.0936. The molecule has 0 rings (SSSR count). The molecule has 13 heavy (non-hydrogen) atoms. The lowest BCUT2D eigenvalue weighted by atomic mass is 10.2. The lowest BCUT2D eigenvalue weighted by Gasteiger charge is -2.23. The number of likely N-dealkylation sites (N-methyl/N-ethyl adjacent to an activating group) is 1. The van der Waals surface area contributed by atoms with E-state index in [4.69, 9.17) is 0 Å². The average molecular weight is 201 g/mol. The summed E-state index contributed by atoms with van der Waals surface area (Å²) in [6.07, 6.45) is 6.52. The van der Waals surface area contributed by atoms with Crippen molar-refractivity contribution in [1.82, 2.24) is 4.90 Å². The van der Waals surface area contributed by atoms with Gasteiger partial charge in [0.2, 0.25) is 5.91 Å².